The summed E-state index contributed by atoms with van der Waals surface area (Å²) in [7, 11) is 0. The summed E-state index contributed by atoms with van der Waals surface area (Å²) in [5, 5.41) is 36.9. The first-order valence-corrected chi connectivity index (χ1v) is 17.7. The Balaban J connectivity index is 1.22. The Labute approximate surface area is 294 Å². The molecule has 1 saturated heterocycles. The highest BCUT2D eigenvalue weighted by atomic mass is 32.1. The van der Waals surface area contributed by atoms with Gasteiger partial charge < -0.3 is 20.1 Å². The number of aromatic hydroxyl groups is 1. The number of pyridine rings is 1. The quantitative estimate of drug-likeness (QED) is 0.0968. The average Bonchev–Trinajstić information content (AvgIpc) is 3.76. The monoisotopic (exact) mass is 686 g/mol. The number of rotatable bonds is 12. The third kappa shape index (κ3) is 6.72. The van der Waals surface area contributed by atoms with E-state index in [1.54, 1.807) is 12.3 Å². The summed E-state index contributed by atoms with van der Waals surface area (Å²) < 4.78 is 6.17. The van der Waals surface area contributed by atoms with E-state index in [1.165, 1.54) is 16.2 Å². The van der Waals surface area contributed by atoms with E-state index in [9.17, 15) is 24.9 Å². The molecule has 2 aromatic heterocycles. The number of thiophene rings is 1. The van der Waals surface area contributed by atoms with E-state index < -0.39 is 30.5 Å². The van der Waals surface area contributed by atoms with E-state index >= 15 is 0 Å². The Morgan fingerprint density at radius 1 is 0.940 bits per heavy atom. The standard InChI is InChI=1S/C41H38N2O6S/c44-24-34-38(37(46)18-16-27(35-14-6-7-19-42-35)21-26-15-17-36(45)32-13-5-4-12-31(26)32)28(25-49-29-9-2-1-3-10-29)22-33-39(34)41(48)43(40(33)47)23-30-11-8-20-50-30/h1-15,17,19-21,33-34,37,39,44-46H,16,18,22-25H2/b27-21-/t33-,34+,37-,39-/m1/s1. The van der Waals surface area contributed by atoms with Crippen molar-refractivity contribution in [2.75, 3.05) is 13.2 Å². The Hall–Kier alpha value is -5.09. The van der Waals surface area contributed by atoms with Gasteiger partial charge in [0.1, 0.15) is 18.1 Å². The van der Waals surface area contributed by atoms with E-state index in [-0.39, 0.29) is 43.6 Å². The molecule has 1 aliphatic carbocycles. The molecule has 0 spiro atoms. The van der Waals surface area contributed by atoms with E-state index in [0.717, 1.165) is 38.1 Å². The lowest BCUT2D eigenvalue weighted by atomic mass is 9.68. The van der Waals surface area contributed by atoms with Gasteiger partial charge in [0, 0.05) is 22.4 Å². The van der Waals surface area contributed by atoms with Gasteiger partial charge in [0.25, 0.3) is 0 Å². The van der Waals surface area contributed by atoms with Gasteiger partial charge in [-0.15, -0.1) is 11.3 Å². The smallest absolute Gasteiger partial charge is 0.234 e. The second-order valence-corrected chi connectivity index (χ2v) is 13.8. The van der Waals surface area contributed by atoms with Crippen molar-refractivity contribution in [1.29, 1.82) is 0 Å². The molecule has 254 valence electrons. The molecule has 0 bridgehead atoms. The number of fused-ring (bicyclic) bond motifs is 2. The number of aliphatic hydroxyl groups excluding tert-OH is 2. The number of hydrogen-bond acceptors (Lipinski definition) is 8. The summed E-state index contributed by atoms with van der Waals surface area (Å²) >= 11 is 1.49. The van der Waals surface area contributed by atoms with Gasteiger partial charge in [-0.2, -0.15) is 0 Å². The zero-order valence-electron chi connectivity index (χ0n) is 27.4. The van der Waals surface area contributed by atoms with Crippen LogP contribution in [0.4, 0.5) is 0 Å². The van der Waals surface area contributed by atoms with E-state index in [0.29, 0.717) is 17.7 Å². The normalized spacial score (nSPS) is 20.0. The Morgan fingerprint density at radius 3 is 2.46 bits per heavy atom. The molecule has 50 heavy (non-hydrogen) atoms. The van der Waals surface area contributed by atoms with Crippen LogP contribution >= 0.6 is 11.3 Å². The molecular formula is C41H38N2O6S. The molecular weight excluding hydrogens is 649 g/mol. The van der Waals surface area contributed by atoms with Crippen LogP contribution < -0.4 is 4.74 Å². The number of imide groups is 1. The fourth-order valence-corrected chi connectivity index (χ4v) is 8.15. The largest absolute Gasteiger partial charge is 0.507 e. The molecule has 1 aliphatic heterocycles. The first-order chi connectivity index (χ1) is 24.4. The SMILES string of the molecule is O=C1[C@@H]2[C@@H](CC(COc3ccccc3)=C([C@H](O)CC/C(=C/c3ccc(O)c4ccccc34)c3ccccn3)[C@@H]2CO)C(=O)N1Cc1cccs1. The minimum absolute atomic E-state index is 0.116. The summed E-state index contributed by atoms with van der Waals surface area (Å²) in [5.41, 5.74) is 3.83. The molecule has 9 heteroatoms. The summed E-state index contributed by atoms with van der Waals surface area (Å²) in [6, 6.07) is 30.0. The predicted molar refractivity (Wildman–Crippen MR) is 194 cm³/mol. The lowest BCUT2D eigenvalue weighted by Crippen LogP contribution is -2.40. The van der Waals surface area contributed by atoms with Crippen molar-refractivity contribution in [3.63, 3.8) is 0 Å². The van der Waals surface area contributed by atoms with Crippen LogP contribution in [0, 0.1) is 17.8 Å². The number of allylic oxidation sites excluding steroid dienone is 1. The zero-order valence-corrected chi connectivity index (χ0v) is 28.2. The maximum absolute atomic E-state index is 13.9. The van der Waals surface area contributed by atoms with Gasteiger partial charge in [-0.1, -0.05) is 60.7 Å². The first kappa shape index (κ1) is 33.4. The van der Waals surface area contributed by atoms with Crippen LogP contribution in [-0.4, -0.2) is 56.3 Å². The van der Waals surface area contributed by atoms with Crippen LogP contribution in [-0.2, 0) is 16.1 Å². The zero-order chi connectivity index (χ0) is 34.6. The van der Waals surface area contributed by atoms with Gasteiger partial charge in [-0.05, 0) is 94.8 Å². The van der Waals surface area contributed by atoms with Gasteiger partial charge in [0.15, 0.2) is 0 Å². The molecule has 8 nitrogen and oxygen atoms in total. The van der Waals surface area contributed by atoms with Crippen molar-refractivity contribution in [2.45, 2.75) is 31.9 Å². The summed E-state index contributed by atoms with van der Waals surface area (Å²) in [6.07, 6.45) is 3.69. The predicted octanol–water partition coefficient (Wildman–Crippen LogP) is 6.87. The number of phenolic OH excluding ortho intramolecular Hbond substituents is 1. The van der Waals surface area contributed by atoms with Crippen molar-refractivity contribution in [3.05, 3.63) is 136 Å². The van der Waals surface area contributed by atoms with Crippen LogP contribution in [0.5, 0.6) is 11.5 Å². The molecule has 1 fully saturated rings. The van der Waals surface area contributed by atoms with Gasteiger partial charge in [-0.3, -0.25) is 19.5 Å². The van der Waals surface area contributed by atoms with Crippen LogP contribution in [0.3, 0.4) is 0 Å². The van der Waals surface area contributed by atoms with Gasteiger partial charge in [0.05, 0.1) is 36.8 Å². The molecule has 4 atom stereocenters. The minimum atomic E-state index is -1.03. The molecule has 7 rings (SSSR count). The molecule has 2 aliphatic rings. The number of aromatic nitrogens is 1. The number of para-hydroxylation sites is 1. The lowest BCUT2D eigenvalue weighted by molar-refractivity contribution is -0.140. The average molecular weight is 687 g/mol. The Morgan fingerprint density at radius 2 is 1.72 bits per heavy atom. The number of carbonyl (C=O) groups is 2. The summed E-state index contributed by atoms with van der Waals surface area (Å²) in [5.74, 6) is -1.88. The van der Waals surface area contributed by atoms with Crippen LogP contribution in [0.2, 0.25) is 0 Å². The Bertz CT molecular complexity index is 2040. The van der Waals surface area contributed by atoms with Crippen molar-refractivity contribution >= 4 is 45.6 Å². The molecule has 2 amide bonds. The van der Waals surface area contributed by atoms with Gasteiger partial charge in [0.2, 0.25) is 11.8 Å². The highest BCUT2D eigenvalue weighted by Crippen LogP contribution is 2.47. The molecule has 5 aromatic rings. The second-order valence-electron chi connectivity index (χ2n) is 12.8. The maximum Gasteiger partial charge on any atom is 0.234 e. The molecule has 0 unspecified atom stereocenters. The number of hydrogen-bond donors (Lipinski definition) is 3. The fraction of sp³-hybridized carbons (Fsp3) is 0.244. The molecule has 0 saturated carbocycles. The van der Waals surface area contributed by atoms with E-state index in [4.69, 9.17) is 4.74 Å². The fourth-order valence-electron chi connectivity index (χ4n) is 7.45. The molecule has 3 heterocycles. The number of benzene rings is 3. The number of phenols is 1. The molecule has 0 radical (unpaired) electrons. The topological polar surface area (TPSA) is 120 Å². The third-order valence-electron chi connectivity index (χ3n) is 9.83. The Kier molecular flexibility index (Phi) is 9.89. The highest BCUT2D eigenvalue weighted by Gasteiger charge is 2.55. The number of likely N-dealkylation sites (tertiary alicyclic amines) is 1. The maximum atomic E-state index is 13.9. The number of ether oxygens (including phenoxy) is 1. The van der Waals surface area contributed by atoms with E-state index in [1.807, 2.05) is 102 Å². The van der Waals surface area contributed by atoms with E-state index in [2.05, 4.69) is 4.98 Å². The minimum Gasteiger partial charge on any atom is -0.507 e. The van der Waals surface area contributed by atoms with Crippen molar-refractivity contribution in [2.24, 2.45) is 17.8 Å². The number of carbonyl (C=O) groups excluding carboxylic acids is 2. The third-order valence-corrected chi connectivity index (χ3v) is 10.7. The van der Waals surface area contributed by atoms with Crippen molar-refractivity contribution in [3.8, 4) is 11.5 Å². The van der Waals surface area contributed by atoms with Crippen LogP contribution in [0.1, 0.15) is 35.4 Å². The van der Waals surface area contributed by atoms with Crippen LogP contribution in [0.15, 0.2) is 120 Å². The second kappa shape index (κ2) is 14.8. The molecule has 3 aromatic carbocycles. The summed E-state index contributed by atoms with van der Waals surface area (Å²) in [6.45, 7) is -0.0833. The number of aliphatic hydroxyl groups is 2. The highest BCUT2D eigenvalue weighted by molar-refractivity contribution is 7.09. The van der Waals surface area contributed by atoms with Crippen LogP contribution in [0.25, 0.3) is 22.4 Å². The van der Waals surface area contributed by atoms with Gasteiger partial charge >= 0.3 is 0 Å². The first-order valence-electron chi connectivity index (χ1n) is 16.8. The number of nitrogens with zero attached hydrogens (tertiary/aromatic N) is 2. The molecule has 3 N–H and O–H groups in total. The lowest BCUT2D eigenvalue weighted by Gasteiger charge is -2.36. The van der Waals surface area contributed by atoms with Crippen molar-refractivity contribution in [1.82, 2.24) is 9.88 Å². The van der Waals surface area contributed by atoms with Crippen molar-refractivity contribution < 1.29 is 29.6 Å². The summed E-state index contributed by atoms with van der Waals surface area (Å²) in [4.78, 5) is 34.5. The van der Waals surface area contributed by atoms with Gasteiger partial charge in [-0.25, -0.2) is 0 Å². The number of amides is 2.